The second-order valence-electron chi connectivity index (χ2n) is 7.38. The fourth-order valence-electron chi connectivity index (χ4n) is 3.40. The van der Waals surface area contributed by atoms with E-state index in [-0.39, 0.29) is 30.2 Å². The number of halogens is 1. The van der Waals surface area contributed by atoms with E-state index < -0.39 is 0 Å². The van der Waals surface area contributed by atoms with Gasteiger partial charge in [0, 0.05) is 36.3 Å². The van der Waals surface area contributed by atoms with Gasteiger partial charge in [-0.1, -0.05) is 48.0 Å². The van der Waals surface area contributed by atoms with Gasteiger partial charge in [0.05, 0.1) is 5.92 Å². The Morgan fingerprint density at radius 1 is 1.22 bits per heavy atom. The highest BCUT2D eigenvalue weighted by molar-refractivity contribution is 6.31. The second kappa shape index (κ2) is 8.13. The van der Waals surface area contributed by atoms with Crippen LogP contribution in [0.5, 0.6) is 0 Å². The predicted molar refractivity (Wildman–Crippen MR) is 109 cm³/mol. The normalized spacial score (nSPS) is 16.9. The average Bonchev–Trinajstić information content (AvgIpc) is 3.04. The smallest absolute Gasteiger partial charge is 0.228 e. The molecule has 2 aromatic carbocycles. The molecule has 1 heterocycles. The van der Waals surface area contributed by atoms with Crippen LogP contribution in [0.2, 0.25) is 5.02 Å². The molecule has 1 fully saturated rings. The second-order valence-corrected chi connectivity index (χ2v) is 7.79. The van der Waals surface area contributed by atoms with Crippen molar-refractivity contribution in [1.82, 2.24) is 4.90 Å². The van der Waals surface area contributed by atoms with Crippen LogP contribution in [0.4, 0.5) is 5.69 Å². The van der Waals surface area contributed by atoms with Crippen LogP contribution in [0.1, 0.15) is 31.4 Å². The number of rotatable bonds is 5. The maximum atomic E-state index is 13.2. The van der Waals surface area contributed by atoms with Crippen molar-refractivity contribution in [2.45, 2.75) is 39.8 Å². The predicted octanol–water partition coefficient (Wildman–Crippen LogP) is 4.44. The summed E-state index contributed by atoms with van der Waals surface area (Å²) in [6.07, 6.45) is 0.238. The molecule has 0 saturated carbocycles. The summed E-state index contributed by atoms with van der Waals surface area (Å²) in [4.78, 5) is 29.2. The minimum absolute atomic E-state index is 0.0305. The molecule has 5 heteroatoms. The Labute approximate surface area is 165 Å². The van der Waals surface area contributed by atoms with Gasteiger partial charge in [-0.3, -0.25) is 9.59 Å². The third kappa shape index (κ3) is 4.33. The summed E-state index contributed by atoms with van der Waals surface area (Å²) in [6, 6.07) is 15.6. The van der Waals surface area contributed by atoms with Crippen LogP contribution in [-0.4, -0.2) is 29.3 Å². The molecule has 0 radical (unpaired) electrons. The Kier molecular flexibility index (Phi) is 5.85. The Bertz CT molecular complexity index is 835. The molecule has 142 valence electrons. The van der Waals surface area contributed by atoms with E-state index in [0.29, 0.717) is 18.1 Å². The fourth-order valence-corrected chi connectivity index (χ4v) is 3.58. The van der Waals surface area contributed by atoms with Crippen molar-refractivity contribution in [3.8, 4) is 0 Å². The molecule has 1 saturated heterocycles. The molecule has 0 spiro atoms. The van der Waals surface area contributed by atoms with Crippen LogP contribution >= 0.6 is 11.6 Å². The highest BCUT2D eigenvalue weighted by atomic mass is 35.5. The number of hydrogen-bond donors (Lipinski definition) is 0. The Hall–Kier alpha value is -2.33. The molecule has 0 bridgehead atoms. The minimum Gasteiger partial charge on any atom is -0.336 e. The topological polar surface area (TPSA) is 40.6 Å². The molecule has 0 unspecified atom stereocenters. The van der Waals surface area contributed by atoms with Crippen molar-refractivity contribution in [3.05, 3.63) is 64.7 Å². The zero-order valence-corrected chi connectivity index (χ0v) is 16.7. The Morgan fingerprint density at radius 2 is 1.93 bits per heavy atom. The van der Waals surface area contributed by atoms with E-state index in [2.05, 4.69) is 0 Å². The third-order valence-corrected chi connectivity index (χ3v) is 5.45. The van der Waals surface area contributed by atoms with Crippen LogP contribution in [0.15, 0.2) is 48.5 Å². The zero-order chi connectivity index (χ0) is 19.6. The molecule has 4 nitrogen and oxygen atoms in total. The third-order valence-electron chi connectivity index (χ3n) is 5.04. The lowest BCUT2D eigenvalue weighted by Gasteiger charge is -2.29. The standard InChI is InChI=1S/C22H25ClN2O2/c1-15(2)24(13-17-7-5-4-6-8-17)22(27)18-11-21(26)25(14-18)19-10-9-16(3)20(23)12-19/h4-10,12,15,18H,11,13-14H2,1-3H3/t18-/m0/s1. The van der Waals surface area contributed by atoms with Crippen molar-refractivity contribution in [3.63, 3.8) is 0 Å². The van der Waals surface area contributed by atoms with E-state index in [4.69, 9.17) is 11.6 Å². The molecule has 27 heavy (non-hydrogen) atoms. The SMILES string of the molecule is Cc1ccc(N2C[C@@H](C(=O)N(Cc3ccccc3)C(C)C)CC2=O)cc1Cl. The molecule has 3 rings (SSSR count). The number of benzene rings is 2. The summed E-state index contributed by atoms with van der Waals surface area (Å²) in [5.74, 6) is -0.330. The van der Waals surface area contributed by atoms with E-state index in [1.807, 2.05) is 68.1 Å². The fraction of sp³-hybridized carbons (Fsp3) is 0.364. The number of aryl methyl sites for hydroxylation is 1. The van der Waals surface area contributed by atoms with Crippen molar-refractivity contribution in [2.24, 2.45) is 5.92 Å². The average molecular weight is 385 g/mol. The quantitative estimate of drug-likeness (QED) is 0.764. The first kappa shape index (κ1) is 19.4. The highest BCUT2D eigenvalue weighted by Crippen LogP contribution is 2.30. The molecule has 2 aromatic rings. The Balaban J connectivity index is 1.76. The largest absolute Gasteiger partial charge is 0.336 e. The van der Waals surface area contributed by atoms with Crippen molar-refractivity contribution in [2.75, 3.05) is 11.4 Å². The number of carbonyl (C=O) groups excluding carboxylic acids is 2. The summed E-state index contributed by atoms with van der Waals surface area (Å²) in [5, 5.41) is 0.628. The number of hydrogen-bond acceptors (Lipinski definition) is 2. The summed E-state index contributed by atoms with van der Waals surface area (Å²) >= 11 is 6.21. The first-order valence-corrected chi connectivity index (χ1v) is 9.65. The summed E-state index contributed by atoms with van der Waals surface area (Å²) in [7, 11) is 0. The number of carbonyl (C=O) groups is 2. The molecule has 1 aliphatic heterocycles. The van der Waals surface area contributed by atoms with Gasteiger partial charge in [0.1, 0.15) is 0 Å². The van der Waals surface area contributed by atoms with Gasteiger partial charge in [-0.15, -0.1) is 0 Å². The lowest BCUT2D eigenvalue weighted by molar-refractivity contribution is -0.138. The van der Waals surface area contributed by atoms with Crippen LogP contribution in [0.25, 0.3) is 0 Å². The van der Waals surface area contributed by atoms with Crippen LogP contribution in [-0.2, 0) is 16.1 Å². The molecule has 1 atom stereocenters. The zero-order valence-electron chi connectivity index (χ0n) is 16.0. The van der Waals surface area contributed by atoms with Gasteiger partial charge in [-0.05, 0) is 44.0 Å². The summed E-state index contributed by atoms with van der Waals surface area (Å²) < 4.78 is 0. The maximum absolute atomic E-state index is 13.2. The molecule has 0 N–H and O–H groups in total. The molecule has 0 aromatic heterocycles. The number of amides is 2. The van der Waals surface area contributed by atoms with Crippen molar-refractivity contribution in [1.29, 1.82) is 0 Å². The first-order chi connectivity index (χ1) is 12.9. The maximum Gasteiger partial charge on any atom is 0.228 e. The van der Waals surface area contributed by atoms with E-state index in [9.17, 15) is 9.59 Å². The van der Waals surface area contributed by atoms with E-state index in [1.54, 1.807) is 11.0 Å². The van der Waals surface area contributed by atoms with Gasteiger partial charge in [-0.25, -0.2) is 0 Å². The number of nitrogens with zero attached hydrogens (tertiary/aromatic N) is 2. The summed E-state index contributed by atoms with van der Waals surface area (Å²) in [6.45, 7) is 6.89. The molecule has 2 amide bonds. The molecule has 0 aliphatic carbocycles. The van der Waals surface area contributed by atoms with E-state index >= 15 is 0 Å². The highest BCUT2D eigenvalue weighted by Gasteiger charge is 2.37. The van der Waals surface area contributed by atoms with Gasteiger partial charge in [0.2, 0.25) is 11.8 Å². The number of anilines is 1. The van der Waals surface area contributed by atoms with Gasteiger partial charge in [0.25, 0.3) is 0 Å². The molecular formula is C22H25ClN2O2. The molecule has 1 aliphatic rings. The van der Waals surface area contributed by atoms with Gasteiger partial charge < -0.3 is 9.80 Å². The van der Waals surface area contributed by atoms with E-state index in [0.717, 1.165) is 16.8 Å². The molecular weight excluding hydrogens is 360 g/mol. The van der Waals surface area contributed by atoms with Gasteiger partial charge in [-0.2, -0.15) is 0 Å². The van der Waals surface area contributed by atoms with E-state index in [1.165, 1.54) is 0 Å². The van der Waals surface area contributed by atoms with Crippen molar-refractivity contribution >= 4 is 29.1 Å². The summed E-state index contributed by atoms with van der Waals surface area (Å²) in [5.41, 5.74) is 2.81. The van der Waals surface area contributed by atoms with Crippen LogP contribution in [0, 0.1) is 12.8 Å². The Morgan fingerprint density at radius 3 is 2.56 bits per heavy atom. The lowest BCUT2D eigenvalue weighted by Crippen LogP contribution is -2.41. The lowest BCUT2D eigenvalue weighted by atomic mass is 10.1. The monoisotopic (exact) mass is 384 g/mol. The first-order valence-electron chi connectivity index (χ1n) is 9.27. The van der Waals surface area contributed by atoms with Gasteiger partial charge in [0.15, 0.2) is 0 Å². The van der Waals surface area contributed by atoms with Crippen molar-refractivity contribution < 1.29 is 9.59 Å². The van der Waals surface area contributed by atoms with Gasteiger partial charge >= 0.3 is 0 Å². The van der Waals surface area contributed by atoms with Crippen LogP contribution < -0.4 is 4.90 Å². The van der Waals surface area contributed by atoms with Crippen LogP contribution in [0.3, 0.4) is 0 Å². The minimum atomic E-state index is -0.330.